The van der Waals surface area contributed by atoms with E-state index >= 15 is 0 Å². The number of aromatic nitrogens is 1. The van der Waals surface area contributed by atoms with Gasteiger partial charge in [-0.15, -0.1) is 0 Å². The monoisotopic (exact) mass is 214 g/mol. The molecule has 14 heavy (non-hydrogen) atoms. The predicted octanol–water partition coefficient (Wildman–Crippen LogP) is 0.595. The number of nitrogens with zero attached hydrogens (tertiary/aromatic N) is 1. The molecule has 78 valence electrons. The summed E-state index contributed by atoms with van der Waals surface area (Å²) < 4.78 is 22.4. The quantitative estimate of drug-likeness (QED) is 0.797. The molecule has 0 amide bonds. The van der Waals surface area contributed by atoms with Crippen LogP contribution < -0.4 is 5.32 Å². The van der Waals surface area contributed by atoms with Crippen LogP contribution in [0.4, 0.5) is 0 Å². The molecular formula is C9H14N2O2S. The van der Waals surface area contributed by atoms with Crippen LogP contribution in [0.1, 0.15) is 12.5 Å². The van der Waals surface area contributed by atoms with Crippen LogP contribution in [0.25, 0.3) is 0 Å². The Morgan fingerprint density at radius 3 is 2.71 bits per heavy atom. The molecule has 1 heterocycles. The lowest BCUT2D eigenvalue weighted by Gasteiger charge is -2.03. The van der Waals surface area contributed by atoms with Crippen molar-refractivity contribution in [3.8, 4) is 0 Å². The van der Waals surface area contributed by atoms with Gasteiger partial charge >= 0.3 is 0 Å². The molecule has 1 aromatic rings. The van der Waals surface area contributed by atoms with Gasteiger partial charge in [0, 0.05) is 25.2 Å². The van der Waals surface area contributed by atoms with E-state index in [4.69, 9.17) is 0 Å². The van der Waals surface area contributed by atoms with Crippen molar-refractivity contribution in [2.75, 3.05) is 12.8 Å². The minimum atomic E-state index is -3.14. The first-order chi connectivity index (χ1) is 6.54. The lowest BCUT2D eigenvalue weighted by molar-refractivity contribution is 0.601. The third kappa shape index (κ3) is 3.08. The zero-order valence-electron chi connectivity index (χ0n) is 8.32. The molecule has 0 spiro atoms. The summed E-state index contributed by atoms with van der Waals surface area (Å²) in [6, 6.07) is 1.64. The van der Waals surface area contributed by atoms with Gasteiger partial charge in [-0.3, -0.25) is 4.98 Å². The van der Waals surface area contributed by atoms with Crippen molar-refractivity contribution in [2.24, 2.45) is 0 Å². The molecule has 1 N–H and O–H groups in total. The molecule has 0 atom stereocenters. The Morgan fingerprint density at radius 1 is 1.43 bits per heavy atom. The topological polar surface area (TPSA) is 59.1 Å². The maximum absolute atomic E-state index is 11.2. The average molecular weight is 214 g/mol. The van der Waals surface area contributed by atoms with Crippen LogP contribution in [0.5, 0.6) is 0 Å². The average Bonchev–Trinajstić information content (AvgIpc) is 2.14. The van der Waals surface area contributed by atoms with E-state index in [1.165, 1.54) is 12.5 Å². The van der Waals surface area contributed by atoms with Gasteiger partial charge in [0.05, 0.1) is 4.90 Å². The maximum Gasteiger partial charge on any atom is 0.177 e. The molecule has 0 aromatic carbocycles. The van der Waals surface area contributed by atoms with Crippen LogP contribution in [0.3, 0.4) is 0 Å². The standard InChI is InChI=1S/C9H14N2O2S/c1-3-10-5-8-4-9(7-11-6-8)14(2,12)13/h4,6-7,10H,3,5H2,1-2H3. The van der Waals surface area contributed by atoms with Crippen molar-refractivity contribution in [3.05, 3.63) is 24.0 Å². The summed E-state index contributed by atoms with van der Waals surface area (Å²) in [5.41, 5.74) is 0.884. The zero-order valence-corrected chi connectivity index (χ0v) is 9.13. The fraction of sp³-hybridized carbons (Fsp3) is 0.444. The highest BCUT2D eigenvalue weighted by atomic mass is 32.2. The Morgan fingerprint density at radius 2 is 2.14 bits per heavy atom. The molecule has 1 rings (SSSR count). The van der Waals surface area contributed by atoms with Crippen LogP contribution in [-0.4, -0.2) is 26.2 Å². The van der Waals surface area contributed by atoms with E-state index in [9.17, 15) is 8.42 Å². The van der Waals surface area contributed by atoms with Crippen molar-refractivity contribution in [1.29, 1.82) is 0 Å². The van der Waals surface area contributed by atoms with Gasteiger partial charge in [0.25, 0.3) is 0 Å². The van der Waals surface area contributed by atoms with Crippen LogP contribution >= 0.6 is 0 Å². The summed E-state index contributed by atoms with van der Waals surface area (Å²) in [5, 5.41) is 3.11. The van der Waals surface area contributed by atoms with Crippen molar-refractivity contribution in [3.63, 3.8) is 0 Å². The number of hydrogen-bond acceptors (Lipinski definition) is 4. The summed E-state index contributed by atoms with van der Waals surface area (Å²) in [6.45, 7) is 3.49. The fourth-order valence-electron chi connectivity index (χ4n) is 1.03. The van der Waals surface area contributed by atoms with E-state index in [0.717, 1.165) is 12.1 Å². The molecule has 0 radical (unpaired) electrons. The zero-order chi connectivity index (χ0) is 10.6. The minimum Gasteiger partial charge on any atom is -0.313 e. The Kier molecular flexibility index (Phi) is 3.60. The Bertz CT molecular complexity index is 401. The highest BCUT2D eigenvalue weighted by Crippen LogP contribution is 2.08. The molecule has 0 fully saturated rings. The fourth-order valence-corrected chi connectivity index (χ4v) is 1.65. The molecule has 0 aliphatic carbocycles. The Labute approximate surface area is 84.3 Å². The lowest BCUT2D eigenvalue weighted by Crippen LogP contribution is -2.12. The third-order valence-electron chi connectivity index (χ3n) is 1.78. The molecule has 5 heteroatoms. The number of hydrogen-bond donors (Lipinski definition) is 1. The van der Waals surface area contributed by atoms with Crippen molar-refractivity contribution < 1.29 is 8.42 Å². The van der Waals surface area contributed by atoms with Crippen LogP contribution in [0.15, 0.2) is 23.4 Å². The second-order valence-corrected chi connectivity index (χ2v) is 5.10. The molecule has 0 bridgehead atoms. The Hall–Kier alpha value is -0.940. The SMILES string of the molecule is CCNCc1cncc(S(C)(=O)=O)c1. The largest absolute Gasteiger partial charge is 0.313 e. The van der Waals surface area contributed by atoms with Gasteiger partial charge in [-0.1, -0.05) is 6.92 Å². The first kappa shape index (κ1) is 11.1. The summed E-state index contributed by atoms with van der Waals surface area (Å²) in [4.78, 5) is 4.16. The molecule has 4 nitrogen and oxygen atoms in total. The molecule has 0 unspecified atom stereocenters. The highest BCUT2D eigenvalue weighted by Gasteiger charge is 2.07. The second-order valence-electron chi connectivity index (χ2n) is 3.08. The number of pyridine rings is 1. The third-order valence-corrected chi connectivity index (χ3v) is 2.86. The van der Waals surface area contributed by atoms with Gasteiger partial charge in [0.15, 0.2) is 9.84 Å². The molecule has 1 aromatic heterocycles. The van der Waals surface area contributed by atoms with E-state index in [1.807, 2.05) is 6.92 Å². The molecule has 0 saturated heterocycles. The van der Waals surface area contributed by atoms with Gasteiger partial charge in [0.2, 0.25) is 0 Å². The van der Waals surface area contributed by atoms with Crippen LogP contribution in [-0.2, 0) is 16.4 Å². The summed E-state index contributed by atoms with van der Waals surface area (Å²) >= 11 is 0. The van der Waals surface area contributed by atoms with E-state index in [2.05, 4.69) is 10.3 Å². The van der Waals surface area contributed by atoms with E-state index < -0.39 is 9.84 Å². The molecule has 0 aliphatic rings. The first-order valence-corrected chi connectivity index (χ1v) is 6.28. The van der Waals surface area contributed by atoms with Gasteiger partial charge in [0.1, 0.15) is 0 Å². The molecule has 0 aliphatic heterocycles. The second kappa shape index (κ2) is 4.52. The summed E-state index contributed by atoms with van der Waals surface area (Å²) in [5.74, 6) is 0. The number of rotatable bonds is 4. The van der Waals surface area contributed by atoms with Gasteiger partial charge in [-0.2, -0.15) is 0 Å². The lowest BCUT2D eigenvalue weighted by atomic mass is 10.3. The smallest absolute Gasteiger partial charge is 0.177 e. The first-order valence-electron chi connectivity index (χ1n) is 4.38. The van der Waals surface area contributed by atoms with Gasteiger partial charge in [-0.25, -0.2) is 8.42 Å². The minimum absolute atomic E-state index is 0.271. The maximum atomic E-state index is 11.2. The van der Waals surface area contributed by atoms with E-state index in [1.54, 1.807) is 12.3 Å². The number of sulfone groups is 1. The number of nitrogens with one attached hydrogen (secondary N) is 1. The van der Waals surface area contributed by atoms with Crippen molar-refractivity contribution >= 4 is 9.84 Å². The molecular weight excluding hydrogens is 200 g/mol. The highest BCUT2D eigenvalue weighted by molar-refractivity contribution is 7.90. The van der Waals surface area contributed by atoms with Crippen molar-refractivity contribution in [2.45, 2.75) is 18.4 Å². The van der Waals surface area contributed by atoms with Gasteiger partial charge < -0.3 is 5.32 Å². The van der Waals surface area contributed by atoms with E-state index in [-0.39, 0.29) is 4.90 Å². The van der Waals surface area contributed by atoms with Crippen LogP contribution in [0, 0.1) is 0 Å². The normalized spacial score (nSPS) is 11.6. The summed E-state index contributed by atoms with van der Waals surface area (Å²) in [6.07, 6.45) is 4.21. The van der Waals surface area contributed by atoms with Gasteiger partial charge in [-0.05, 0) is 18.2 Å². The van der Waals surface area contributed by atoms with Crippen molar-refractivity contribution in [1.82, 2.24) is 10.3 Å². The van der Waals surface area contributed by atoms with E-state index in [0.29, 0.717) is 6.54 Å². The Balaban J connectivity index is 2.90. The van der Waals surface area contributed by atoms with Crippen LogP contribution in [0.2, 0.25) is 0 Å². The molecule has 0 saturated carbocycles. The predicted molar refractivity (Wildman–Crippen MR) is 54.7 cm³/mol. The summed E-state index contributed by atoms with van der Waals surface area (Å²) in [7, 11) is -3.14.